The van der Waals surface area contributed by atoms with E-state index in [9.17, 15) is 15.0 Å². The summed E-state index contributed by atoms with van der Waals surface area (Å²) in [5, 5.41) is 20.9. The molecule has 0 saturated carbocycles. The summed E-state index contributed by atoms with van der Waals surface area (Å²) in [5.41, 5.74) is 1.15. The third kappa shape index (κ3) is 3.67. The molecule has 0 bridgehead atoms. The Morgan fingerprint density at radius 2 is 1.94 bits per heavy atom. The summed E-state index contributed by atoms with van der Waals surface area (Å²) in [7, 11) is -1.16. The molecule has 1 aliphatic carbocycles. The standard InChI is InChI=1S/C25H37NO6Si/c1-15(2)33(16(3)4,17(5)27)32-24(29)26-12-11-25-10-9-19(28)13-21(25)31-23-20(30-6)8-7-18(14-26)22(23)25/h7-10,15-17,19,21,27-28H,11-14H2,1-6H3/t17?,19-,21-,25-/m0/s1. The van der Waals surface area contributed by atoms with Crippen molar-refractivity contribution in [3.05, 3.63) is 35.4 Å². The Bertz CT molecular complexity index is 923. The average Bonchev–Trinajstić information content (AvgIpc) is 2.98. The first-order valence-electron chi connectivity index (χ1n) is 12.0. The second-order valence-electron chi connectivity index (χ2n) is 10.3. The number of benzene rings is 1. The molecule has 3 aliphatic rings. The van der Waals surface area contributed by atoms with Gasteiger partial charge in [0.1, 0.15) is 6.10 Å². The van der Waals surface area contributed by atoms with Gasteiger partial charge in [-0.3, -0.25) is 0 Å². The quantitative estimate of drug-likeness (QED) is 0.494. The van der Waals surface area contributed by atoms with Crippen LogP contribution in [-0.4, -0.2) is 61.1 Å². The lowest BCUT2D eigenvalue weighted by molar-refractivity contribution is 0.0796. The molecule has 0 saturated heterocycles. The zero-order valence-corrected chi connectivity index (χ0v) is 21.5. The molecule has 2 aliphatic heterocycles. The zero-order chi connectivity index (χ0) is 24.1. The van der Waals surface area contributed by atoms with Crippen LogP contribution in [0.4, 0.5) is 4.79 Å². The summed E-state index contributed by atoms with van der Waals surface area (Å²) in [6.07, 6.45) is 3.94. The first-order valence-corrected chi connectivity index (χ1v) is 14.1. The van der Waals surface area contributed by atoms with Gasteiger partial charge in [-0.05, 0) is 36.1 Å². The highest BCUT2D eigenvalue weighted by atomic mass is 28.4. The summed E-state index contributed by atoms with van der Waals surface area (Å²) >= 11 is 0. The summed E-state index contributed by atoms with van der Waals surface area (Å²) in [5.74, 6) is 1.38. The Kier molecular flexibility index (Phi) is 6.31. The first kappa shape index (κ1) is 24.1. The summed E-state index contributed by atoms with van der Waals surface area (Å²) in [6, 6.07) is 3.88. The molecular formula is C25H37NO6Si. The number of carbonyl (C=O) groups is 1. The van der Waals surface area contributed by atoms with E-state index in [4.69, 9.17) is 13.9 Å². The number of methoxy groups -OCH3 is 1. The molecule has 0 aromatic heterocycles. The minimum absolute atomic E-state index is 0.0855. The number of hydrogen-bond donors (Lipinski definition) is 2. The van der Waals surface area contributed by atoms with Crippen LogP contribution in [0, 0.1) is 0 Å². The topological polar surface area (TPSA) is 88.5 Å². The van der Waals surface area contributed by atoms with Gasteiger partial charge in [0.25, 0.3) is 8.32 Å². The maximum Gasteiger partial charge on any atom is 0.396 e. The summed E-state index contributed by atoms with van der Waals surface area (Å²) in [4.78, 5) is 15.3. The number of amides is 1. The maximum absolute atomic E-state index is 13.5. The highest BCUT2D eigenvalue weighted by molar-refractivity contribution is 6.78. The van der Waals surface area contributed by atoms with Crippen LogP contribution >= 0.6 is 0 Å². The molecule has 1 unspecified atom stereocenters. The highest BCUT2D eigenvalue weighted by Crippen LogP contribution is 2.55. The maximum atomic E-state index is 13.5. The number of aliphatic hydroxyl groups is 2. The van der Waals surface area contributed by atoms with Gasteiger partial charge in [0.15, 0.2) is 11.5 Å². The number of hydrogen-bond acceptors (Lipinski definition) is 6. The van der Waals surface area contributed by atoms with Gasteiger partial charge in [0.2, 0.25) is 0 Å². The Morgan fingerprint density at radius 3 is 2.55 bits per heavy atom. The fourth-order valence-corrected chi connectivity index (χ4v) is 10.6. The molecule has 2 N–H and O–H groups in total. The lowest BCUT2D eigenvalue weighted by Gasteiger charge is -2.41. The first-order chi connectivity index (χ1) is 15.6. The van der Waals surface area contributed by atoms with Crippen LogP contribution in [-0.2, 0) is 16.4 Å². The average molecular weight is 476 g/mol. The minimum Gasteiger partial charge on any atom is -0.500 e. The summed E-state index contributed by atoms with van der Waals surface area (Å²) < 4.78 is 18.2. The zero-order valence-electron chi connectivity index (χ0n) is 20.5. The predicted octanol–water partition coefficient (Wildman–Crippen LogP) is 4.04. The lowest BCUT2D eigenvalue weighted by atomic mass is 9.69. The van der Waals surface area contributed by atoms with Crippen LogP contribution in [0.1, 0.15) is 58.6 Å². The number of nitrogens with zero attached hydrogens (tertiary/aromatic N) is 1. The van der Waals surface area contributed by atoms with E-state index in [0.717, 1.165) is 11.1 Å². The highest BCUT2D eigenvalue weighted by Gasteiger charge is 2.54. The van der Waals surface area contributed by atoms with Crippen molar-refractivity contribution in [1.29, 1.82) is 0 Å². The Labute approximate surface area is 197 Å². The van der Waals surface area contributed by atoms with Crippen molar-refractivity contribution in [3.8, 4) is 11.5 Å². The van der Waals surface area contributed by atoms with Gasteiger partial charge < -0.3 is 29.0 Å². The van der Waals surface area contributed by atoms with Crippen LogP contribution in [0.2, 0.25) is 11.1 Å². The molecule has 2 heterocycles. The van der Waals surface area contributed by atoms with Gasteiger partial charge in [0.05, 0.1) is 24.4 Å². The van der Waals surface area contributed by atoms with Gasteiger partial charge in [0, 0.05) is 25.1 Å². The van der Waals surface area contributed by atoms with Crippen molar-refractivity contribution in [2.75, 3.05) is 13.7 Å². The molecular weight excluding hydrogens is 438 g/mol. The SMILES string of the molecule is COc1ccc2c3c1O[C@H]1C[C@@H](O)C=C[C@@]31CCN(C(=O)O[Si](C(C)C)(C(C)C)C(C)O)C2. The van der Waals surface area contributed by atoms with Crippen LogP contribution < -0.4 is 9.47 Å². The number of ether oxygens (including phenoxy) is 2. The monoisotopic (exact) mass is 475 g/mol. The van der Waals surface area contributed by atoms with Crippen molar-refractivity contribution in [3.63, 3.8) is 0 Å². The van der Waals surface area contributed by atoms with E-state index in [1.54, 1.807) is 18.9 Å². The molecule has 0 radical (unpaired) electrons. The molecule has 1 aromatic carbocycles. The van der Waals surface area contributed by atoms with Crippen LogP contribution in [0.15, 0.2) is 24.3 Å². The van der Waals surface area contributed by atoms with Gasteiger partial charge in [-0.15, -0.1) is 0 Å². The Balaban J connectivity index is 1.71. The van der Waals surface area contributed by atoms with Crippen molar-refractivity contribution in [2.24, 2.45) is 0 Å². The van der Waals surface area contributed by atoms with Crippen molar-refractivity contribution in [2.45, 2.75) is 88.4 Å². The number of rotatable bonds is 5. The molecule has 0 fully saturated rings. The number of carbonyl (C=O) groups excluding carboxylic acids is 1. The van der Waals surface area contributed by atoms with Crippen LogP contribution in [0.5, 0.6) is 11.5 Å². The Morgan fingerprint density at radius 1 is 1.24 bits per heavy atom. The van der Waals surface area contributed by atoms with Gasteiger partial charge in [-0.25, -0.2) is 4.79 Å². The minimum atomic E-state index is -2.78. The lowest BCUT2D eigenvalue weighted by Crippen LogP contribution is -2.57. The van der Waals surface area contributed by atoms with E-state index in [1.807, 2.05) is 45.9 Å². The summed E-state index contributed by atoms with van der Waals surface area (Å²) in [6.45, 7) is 10.8. The molecule has 4 rings (SSSR count). The third-order valence-corrected chi connectivity index (χ3v) is 13.4. The van der Waals surface area contributed by atoms with Gasteiger partial charge in [-0.2, -0.15) is 0 Å². The molecule has 182 valence electrons. The van der Waals surface area contributed by atoms with Gasteiger partial charge >= 0.3 is 6.09 Å². The Hall–Kier alpha value is -2.03. The second kappa shape index (κ2) is 8.63. The van der Waals surface area contributed by atoms with E-state index in [1.165, 1.54) is 0 Å². The fourth-order valence-electron chi connectivity index (χ4n) is 6.26. The molecule has 1 amide bonds. The van der Waals surface area contributed by atoms with E-state index >= 15 is 0 Å². The van der Waals surface area contributed by atoms with Crippen molar-refractivity contribution in [1.82, 2.24) is 4.90 Å². The van der Waals surface area contributed by atoms with E-state index in [2.05, 4.69) is 6.08 Å². The fraction of sp³-hybridized carbons (Fsp3) is 0.640. The molecule has 7 nitrogen and oxygen atoms in total. The normalized spacial score (nSPS) is 27.0. The smallest absolute Gasteiger partial charge is 0.396 e. The van der Waals surface area contributed by atoms with E-state index < -0.39 is 25.6 Å². The van der Waals surface area contributed by atoms with Crippen LogP contribution in [0.25, 0.3) is 0 Å². The molecule has 4 atom stereocenters. The largest absolute Gasteiger partial charge is 0.500 e. The van der Waals surface area contributed by atoms with Crippen molar-refractivity contribution < 1.29 is 28.9 Å². The second-order valence-corrected chi connectivity index (χ2v) is 15.4. The number of aliphatic hydroxyl groups excluding tert-OH is 2. The molecule has 33 heavy (non-hydrogen) atoms. The predicted molar refractivity (Wildman–Crippen MR) is 128 cm³/mol. The van der Waals surface area contributed by atoms with Gasteiger partial charge in [-0.1, -0.05) is 45.9 Å². The molecule has 8 heteroatoms. The van der Waals surface area contributed by atoms with Crippen molar-refractivity contribution >= 4 is 14.4 Å². The van der Waals surface area contributed by atoms with Crippen LogP contribution in [0.3, 0.4) is 0 Å². The van der Waals surface area contributed by atoms with E-state index in [0.29, 0.717) is 37.4 Å². The third-order valence-electron chi connectivity index (χ3n) is 7.94. The molecule has 1 spiro atoms. The van der Waals surface area contributed by atoms with E-state index in [-0.39, 0.29) is 23.3 Å². The molecule has 1 aromatic rings.